The highest BCUT2D eigenvalue weighted by Crippen LogP contribution is 1.95. The largest absolute Gasteiger partial charge is 0.396 e. The average molecular weight is 128 g/mol. The second-order valence-corrected chi connectivity index (χ2v) is 1.81. The Morgan fingerprint density at radius 3 is 2.78 bits per heavy atom. The minimum atomic E-state index is -0.441. The summed E-state index contributed by atoms with van der Waals surface area (Å²) < 4.78 is 0. The van der Waals surface area contributed by atoms with Crippen LogP contribution in [0.3, 0.4) is 0 Å². The van der Waals surface area contributed by atoms with Crippen LogP contribution in [0.4, 0.5) is 0 Å². The smallest absolute Gasteiger partial charge is 0.0602 e. The van der Waals surface area contributed by atoms with Crippen molar-refractivity contribution < 1.29 is 10.2 Å². The van der Waals surface area contributed by atoms with Crippen LogP contribution in [0.1, 0.15) is 12.8 Å². The predicted octanol–water partition coefficient (Wildman–Crippen LogP) is 0.461. The molecule has 0 fully saturated rings. The van der Waals surface area contributed by atoms with Crippen molar-refractivity contribution in [2.75, 3.05) is 6.61 Å². The van der Waals surface area contributed by atoms with Gasteiger partial charge in [-0.2, -0.15) is 0 Å². The topological polar surface area (TPSA) is 40.5 Å². The van der Waals surface area contributed by atoms with Gasteiger partial charge >= 0.3 is 0 Å². The summed E-state index contributed by atoms with van der Waals surface area (Å²) in [6.45, 7) is 3.37. The highest BCUT2D eigenvalue weighted by atomic mass is 16.3. The lowest BCUT2D eigenvalue weighted by Gasteiger charge is -2.02. The molecule has 0 saturated heterocycles. The maximum Gasteiger partial charge on any atom is 0.0602 e. The summed E-state index contributed by atoms with van der Waals surface area (Å²) in [5.41, 5.74) is 2.54. The monoisotopic (exact) mass is 128 g/mol. The second kappa shape index (κ2) is 5.57. The molecule has 0 aliphatic rings. The van der Waals surface area contributed by atoms with Gasteiger partial charge in [0.05, 0.1) is 6.10 Å². The summed E-state index contributed by atoms with van der Waals surface area (Å²) in [4.78, 5) is 0. The summed E-state index contributed by atoms with van der Waals surface area (Å²) in [5.74, 6) is 0. The fourth-order valence-corrected chi connectivity index (χ4v) is 0.486. The lowest BCUT2D eigenvalue weighted by atomic mass is 10.2. The van der Waals surface area contributed by atoms with Gasteiger partial charge in [-0.1, -0.05) is 6.58 Å². The minimum Gasteiger partial charge on any atom is -0.396 e. The van der Waals surface area contributed by atoms with Crippen LogP contribution < -0.4 is 0 Å². The van der Waals surface area contributed by atoms with Crippen LogP contribution >= 0.6 is 0 Å². The molecule has 0 bridgehead atoms. The first-order valence-electron chi connectivity index (χ1n) is 2.94. The number of rotatable bonds is 4. The van der Waals surface area contributed by atoms with E-state index in [1.54, 1.807) is 6.08 Å². The quantitative estimate of drug-likeness (QED) is 0.540. The first-order chi connectivity index (χ1) is 4.31. The normalized spacial score (nSPS) is 12.2. The molecule has 0 aromatic heterocycles. The Morgan fingerprint density at radius 2 is 2.33 bits per heavy atom. The predicted molar refractivity (Wildman–Crippen MR) is 36.0 cm³/mol. The van der Waals surface area contributed by atoms with E-state index in [-0.39, 0.29) is 6.61 Å². The Kier molecular flexibility index (Phi) is 5.23. The van der Waals surface area contributed by atoms with Crippen molar-refractivity contribution >= 4 is 0 Å². The lowest BCUT2D eigenvalue weighted by molar-refractivity contribution is 0.135. The van der Waals surface area contributed by atoms with Crippen LogP contribution in [0.25, 0.3) is 0 Å². The number of hydrogen-bond acceptors (Lipinski definition) is 2. The molecule has 0 amide bonds. The zero-order chi connectivity index (χ0) is 7.11. The third-order valence-corrected chi connectivity index (χ3v) is 0.997. The Bertz CT molecular complexity index is 103. The fourth-order valence-electron chi connectivity index (χ4n) is 0.486. The molecule has 0 radical (unpaired) electrons. The Balaban J connectivity index is 3.25. The number of hydrogen-bond donors (Lipinski definition) is 2. The van der Waals surface area contributed by atoms with Gasteiger partial charge in [0.25, 0.3) is 0 Å². The molecule has 9 heavy (non-hydrogen) atoms. The van der Waals surface area contributed by atoms with Gasteiger partial charge in [0, 0.05) is 6.61 Å². The molecule has 0 aliphatic heterocycles. The summed E-state index contributed by atoms with van der Waals surface area (Å²) >= 11 is 0. The van der Waals surface area contributed by atoms with Crippen molar-refractivity contribution in [3.05, 3.63) is 18.4 Å². The molecule has 0 aliphatic carbocycles. The molecule has 52 valence electrons. The SMILES string of the molecule is C=C=CCC(O)CCO. The molecule has 0 saturated carbocycles. The van der Waals surface area contributed by atoms with Crippen molar-refractivity contribution in [1.82, 2.24) is 0 Å². The molecule has 0 rings (SSSR count). The fraction of sp³-hybridized carbons (Fsp3) is 0.571. The molecule has 2 N–H and O–H groups in total. The van der Waals surface area contributed by atoms with Crippen molar-refractivity contribution in [2.45, 2.75) is 18.9 Å². The van der Waals surface area contributed by atoms with Crippen molar-refractivity contribution in [3.63, 3.8) is 0 Å². The van der Waals surface area contributed by atoms with Crippen LogP contribution in [0, 0.1) is 0 Å². The zero-order valence-corrected chi connectivity index (χ0v) is 5.38. The summed E-state index contributed by atoms with van der Waals surface area (Å²) in [7, 11) is 0. The van der Waals surface area contributed by atoms with Gasteiger partial charge in [-0.3, -0.25) is 0 Å². The van der Waals surface area contributed by atoms with E-state index in [1.165, 1.54) is 0 Å². The summed E-state index contributed by atoms with van der Waals surface area (Å²) in [5, 5.41) is 17.2. The Morgan fingerprint density at radius 1 is 1.67 bits per heavy atom. The van der Waals surface area contributed by atoms with Gasteiger partial charge in [0.15, 0.2) is 0 Å². The Hall–Kier alpha value is -0.560. The molecular weight excluding hydrogens is 116 g/mol. The molecule has 1 atom stereocenters. The number of aliphatic hydroxyl groups excluding tert-OH is 2. The van der Waals surface area contributed by atoms with Crippen molar-refractivity contribution in [2.24, 2.45) is 0 Å². The zero-order valence-electron chi connectivity index (χ0n) is 5.38. The van der Waals surface area contributed by atoms with E-state index >= 15 is 0 Å². The average Bonchev–Trinajstić information content (AvgIpc) is 1.85. The third-order valence-electron chi connectivity index (χ3n) is 0.997. The van der Waals surface area contributed by atoms with Crippen LogP contribution in [-0.2, 0) is 0 Å². The molecular formula is C7H12O2. The van der Waals surface area contributed by atoms with E-state index in [0.717, 1.165) is 0 Å². The maximum atomic E-state index is 8.92. The van der Waals surface area contributed by atoms with Gasteiger partial charge in [-0.25, -0.2) is 0 Å². The van der Waals surface area contributed by atoms with Gasteiger partial charge in [-0.15, -0.1) is 5.73 Å². The van der Waals surface area contributed by atoms with Gasteiger partial charge in [-0.05, 0) is 18.9 Å². The summed E-state index contributed by atoms with van der Waals surface area (Å²) in [6, 6.07) is 0. The first-order valence-corrected chi connectivity index (χ1v) is 2.94. The maximum absolute atomic E-state index is 8.92. The standard InChI is InChI=1S/C7H12O2/c1-2-3-4-7(9)5-6-8/h3,7-9H,1,4-6H2. The molecule has 2 nitrogen and oxygen atoms in total. The van der Waals surface area contributed by atoms with Crippen LogP contribution in [0.2, 0.25) is 0 Å². The minimum absolute atomic E-state index is 0.0339. The Labute approximate surface area is 55.1 Å². The highest BCUT2D eigenvalue weighted by Gasteiger charge is 1.97. The lowest BCUT2D eigenvalue weighted by Crippen LogP contribution is -2.06. The van der Waals surface area contributed by atoms with Gasteiger partial charge < -0.3 is 10.2 Å². The first kappa shape index (κ1) is 8.44. The molecule has 0 heterocycles. The summed E-state index contributed by atoms with van der Waals surface area (Å²) in [6.07, 6.45) is 2.17. The van der Waals surface area contributed by atoms with E-state index in [4.69, 9.17) is 10.2 Å². The van der Waals surface area contributed by atoms with Crippen LogP contribution in [0.15, 0.2) is 18.4 Å². The second-order valence-electron chi connectivity index (χ2n) is 1.81. The highest BCUT2D eigenvalue weighted by molar-refractivity contribution is 4.78. The third kappa shape index (κ3) is 5.31. The molecule has 0 spiro atoms. The van der Waals surface area contributed by atoms with E-state index in [1.807, 2.05) is 0 Å². The molecule has 0 aromatic carbocycles. The van der Waals surface area contributed by atoms with E-state index < -0.39 is 6.10 Å². The molecule has 2 heteroatoms. The van der Waals surface area contributed by atoms with E-state index in [9.17, 15) is 0 Å². The molecule has 1 unspecified atom stereocenters. The van der Waals surface area contributed by atoms with E-state index in [2.05, 4.69) is 12.3 Å². The van der Waals surface area contributed by atoms with Crippen LogP contribution in [0.5, 0.6) is 0 Å². The van der Waals surface area contributed by atoms with Gasteiger partial charge in [0.2, 0.25) is 0 Å². The van der Waals surface area contributed by atoms with Crippen molar-refractivity contribution in [1.29, 1.82) is 0 Å². The van der Waals surface area contributed by atoms with Crippen LogP contribution in [-0.4, -0.2) is 22.9 Å². The van der Waals surface area contributed by atoms with Gasteiger partial charge in [0.1, 0.15) is 0 Å². The molecule has 0 aromatic rings. The number of aliphatic hydroxyl groups is 2. The van der Waals surface area contributed by atoms with E-state index in [0.29, 0.717) is 12.8 Å². The van der Waals surface area contributed by atoms with Crippen molar-refractivity contribution in [3.8, 4) is 0 Å².